The van der Waals surface area contributed by atoms with Crippen molar-refractivity contribution in [2.75, 3.05) is 13.2 Å². The van der Waals surface area contributed by atoms with Crippen molar-refractivity contribution in [2.45, 2.75) is 245 Å². The normalized spacial score (nSPS) is 12.6. The third-order valence-electron chi connectivity index (χ3n) is 10.7. The van der Waals surface area contributed by atoms with E-state index < -0.39 is 6.10 Å². The molecule has 0 rings (SSSR count). The summed E-state index contributed by atoms with van der Waals surface area (Å²) in [6.07, 6.45) is 61.7. The number of ether oxygens (including phenoxy) is 3. The summed E-state index contributed by atoms with van der Waals surface area (Å²) in [5.74, 6) is -0.926. The summed E-state index contributed by atoms with van der Waals surface area (Å²) in [5.41, 5.74) is 0. The zero-order valence-corrected chi connectivity index (χ0v) is 39.9. The Labute approximate surface area is 376 Å². The van der Waals surface area contributed by atoms with Gasteiger partial charge in [0.1, 0.15) is 13.2 Å². The van der Waals surface area contributed by atoms with Gasteiger partial charge in [-0.05, 0) is 89.9 Å². The number of hydrogen-bond donors (Lipinski definition) is 0. The number of rotatable bonds is 45. The summed E-state index contributed by atoms with van der Waals surface area (Å²) < 4.78 is 16.8. The molecule has 0 radical (unpaired) electrons. The molecule has 0 amide bonds. The van der Waals surface area contributed by atoms with Crippen molar-refractivity contribution in [3.63, 3.8) is 0 Å². The molecule has 0 bridgehead atoms. The van der Waals surface area contributed by atoms with Crippen molar-refractivity contribution < 1.29 is 28.6 Å². The molecule has 0 aromatic carbocycles. The van der Waals surface area contributed by atoms with E-state index in [1.807, 2.05) is 0 Å². The van der Waals surface area contributed by atoms with E-state index in [9.17, 15) is 14.4 Å². The average Bonchev–Trinajstić information content (AvgIpc) is 3.26. The molecule has 0 aliphatic carbocycles. The van der Waals surface area contributed by atoms with Gasteiger partial charge in [-0.25, -0.2) is 0 Å². The van der Waals surface area contributed by atoms with Gasteiger partial charge in [0, 0.05) is 19.3 Å². The minimum absolute atomic E-state index is 0.0899. The van der Waals surface area contributed by atoms with E-state index in [0.29, 0.717) is 19.3 Å². The summed E-state index contributed by atoms with van der Waals surface area (Å²) in [6, 6.07) is 0. The van der Waals surface area contributed by atoms with Gasteiger partial charge in [-0.1, -0.05) is 203 Å². The molecular weight excluding hydrogens is 757 g/mol. The van der Waals surface area contributed by atoms with Crippen LogP contribution in [0.5, 0.6) is 0 Å². The molecule has 0 spiro atoms. The van der Waals surface area contributed by atoms with Crippen LogP contribution in [0.25, 0.3) is 0 Å². The lowest BCUT2D eigenvalue weighted by Gasteiger charge is -2.18. The molecule has 0 aliphatic rings. The first kappa shape index (κ1) is 57.9. The number of carbonyl (C=O) groups is 3. The summed E-state index contributed by atoms with van der Waals surface area (Å²) in [4.78, 5) is 37.9. The molecule has 0 fully saturated rings. The zero-order chi connectivity index (χ0) is 44.4. The van der Waals surface area contributed by atoms with Gasteiger partial charge in [0.15, 0.2) is 6.10 Å². The van der Waals surface area contributed by atoms with Crippen LogP contribution < -0.4 is 0 Å². The standard InChI is InChI=1S/C55H94O6/c1-4-7-10-13-16-19-22-25-27-28-31-33-36-39-42-45-48-54(57)60-51-52(50-59-53(56)47-44-41-38-35-32-29-24-21-18-15-12-9-6-3)61-55(58)49-46-43-40-37-34-30-26-23-20-17-14-11-8-5-2/h8-9,11-12,15,17-18,20-21,24,27-28,52H,4-7,10,13-14,16,19,22-23,25-26,29-51H2,1-3H3/b11-8-,12-9-,18-15-,20-17-,24-21-,28-27-. The van der Waals surface area contributed by atoms with Crippen LogP contribution in [0.3, 0.4) is 0 Å². The van der Waals surface area contributed by atoms with E-state index >= 15 is 0 Å². The van der Waals surface area contributed by atoms with E-state index in [4.69, 9.17) is 14.2 Å². The van der Waals surface area contributed by atoms with E-state index in [2.05, 4.69) is 93.7 Å². The molecule has 1 atom stereocenters. The molecule has 0 aromatic heterocycles. The van der Waals surface area contributed by atoms with Crippen molar-refractivity contribution in [2.24, 2.45) is 0 Å². The molecule has 0 heterocycles. The van der Waals surface area contributed by atoms with E-state index in [0.717, 1.165) is 109 Å². The van der Waals surface area contributed by atoms with Crippen molar-refractivity contribution in [3.05, 3.63) is 72.9 Å². The summed E-state index contributed by atoms with van der Waals surface area (Å²) in [7, 11) is 0. The molecule has 6 nitrogen and oxygen atoms in total. The second-order valence-electron chi connectivity index (χ2n) is 16.7. The van der Waals surface area contributed by atoms with Crippen molar-refractivity contribution in [1.82, 2.24) is 0 Å². The largest absolute Gasteiger partial charge is 0.462 e. The number of unbranched alkanes of at least 4 members (excludes halogenated alkanes) is 24. The number of esters is 3. The van der Waals surface area contributed by atoms with Crippen molar-refractivity contribution >= 4 is 17.9 Å². The highest BCUT2D eigenvalue weighted by atomic mass is 16.6. The highest BCUT2D eigenvalue weighted by Crippen LogP contribution is 2.14. The van der Waals surface area contributed by atoms with E-state index in [1.54, 1.807) is 0 Å². The minimum atomic E-state index is -0.790. The fraction of sp³-hybridized carbons (Fsp3) is 0.727. The number of carbonyl (C=O) groups excluding carboxylic acids is 3. The fourth-order valence-corrected chi connectivity index (χ4v) is 6.94. The molecule has 0 saturated heterocycles. The Kier molecular flexibility index (Phi) is 46.9. The lowest BCUT2D eigenvalue weighted by molar-refractivity contribution is -0.167. The predicted molar refractivity (Wildman–Crippen MR) is 261 cm³/mol. The van der Waals surface area contributed by atoms with Gasteiger partial charge in [0.2, 0.25) is 0 Å². The smallest absolute Gasteiger partial charge is 0.306 e. The lowest BCUT2D eigenvalue weighted by atomic mass is 10.1. The van der Waals surface area contributed by atoms with Gasteiger partial charge in [0.25, 0.3) is 0 Å². The van der Waals surface area contributed by atoms with Gasteiger partial charge in [-0.3, -0.25) is 14.4 Å². The molecule has 350 valence electrons. The van der Waals surface area contributed by atoms with E-state index in [1.165, 1.54) is 89.9 Å². The van der Waals surface area contributed by atoms with Crippen LogP contribution in [0, 0.1) is 0 Å². The number of allylic oxidation sites excluding steroid dienone is 12. The SMILES string of the molecule is CC\C=C/C=C\C=C/CCCCCCCC(=O)OCC(COC(=O)CCCCCCC/C=C\CCCCCCCCC)OC(=O)CCCCCCCCC/C=C\C/C=C\CC. The summed E-state index contributed by atoms with van der Waals surface area (Å²) >= 11 is 0. The van der Waals surface area contributed by atoms with Crippen LogP contribution in [0.2, 0.25) is 0 Å². The Morgan fingerprint density at radius 2 is 0.721 bits per heavy atom. The average molecular weight is 851 g/mol. The zero-order valence-electron chi connectivity index (χ0n) is 39.9. The fourth-order valence-electron chi connectivity index (χ4n) is 6.94. The monoisotopic (exact) mass is 851 g/mol. The molecule has 0 aromatic rings. The maximum absolute atomic E-state index is 12.8. The van der Waals surface area contributed by atoms with Crippen LogP contribution >= 0.6 is 0 Å². The van der Waals surface area contributed by atoms with Gasteiger partial charge < -0.3 is 14.2 Å². The first-order valence-electron chi connectivity index (χ1n) is 25.5. The highest BCUT2D eigenvalue weighted by Gasteiger charge is 2.19. The third kappa shape index (κ3) is 47.7. The van der Waals surface area contributed by atoms with Crippen LogP contribution in [0.4, 0.5) is 0 Å². The van der Waals surface area contributed by atoms with E-state index in [-0.39, 0.29) is 31.1 Å². The van der Waals surface area contributed by atoms with Crippen LogP contribution in [-0.4, -0.2) is 37.2 Å². The summed E-state index contributed by atoms with van der Waals surface area (Å²) in [6.45, 7) is 6.37. The summed E-state index contributed by atoms with van der Waals surface area (Å²) in [5, 5.41) is 0. The Balaban J connectivity index is 4.42. The van der Waals surface area contributed by atoms with Gasteiger partial charge >= 0.3 is 17.9 Å². The molecule has 61 heavy (non-hydrogen) atoms. The third-order valence-corrected chi connectivity index (χ3v) is 10.7. The molecule has 6 heteroatoms. The minimum Gasteiger partial charge on any atom is -0.462 e. The van der Waals surface area contributed by atoms with Gasteiger partial charge in [0.05, 0.1) is 0 Å². The molecule has 0 saturated carbocycles. The van der Waals surface area contributed by atoms with Crippen molar-refractivity contribution in [1.29, 1.82) is 0 Å². The lowest BCUT2D eigenvalue weighted by Crippen LogP contribution is -2.30. The maximum atomic E-state index is 12.8. The Morgan fingerprint density at radius 3 is 1.18 bits per heavy atom. The topological polar surface area (TPSA) is 78.9 Å². The predicted octanol–water partition coefficient (Wildman–Crippen LogP) is 16.6. The van der Waals surface area contributed by atoms with Crippen LogP contribution in [0.15, 0.2) is 72.9 Å². The van der Waals surface area contributed by atoms with Gasteiger partial charge in [-0.15, -0.1) is 0 Å². The maximum Gasteiger partial charge on any atom is 0.306 e. The van der Waals surface area contributed by atoms with Crippen LogP contribution in [0.1, 0.15) is 239 Å². The second kappa shape index (κ2) is 49.5. The molecule has 1 unspecified atom stereocenters. The Morgan fingerprint density at radius 1 is 0.361 bits per heavy atom. The molecule has 0 N–H and O–H groups in total. The quantitative estimate of drug-likeness (QED) is 0.0200. The Bertz CT molecular complexity index is 1160. The van der Waals surface area contributed by atoms with Crippen LogP contribution in [-0.2, 0) is 28.6 Å². The first-order valence-corrected chi connectivity index (χ1v) is 25.5. The van der Waals surface area contributed by atoms with Gasteiger partial charge in [-0.2, -0.15) is 0 Å². The highest BCUT2D eigenvalue weighted by molar-refractivity contribution is 5.71. The first-order chi connectivity index (χ1) is 30.0. The number of hydrogen-bond acceptors (Lipinski definition) is 6. The van der Waals surface area contributed by atoms with Crippen molar-refractivity contribution in [3.8, 4) is 0 Å². The Hall–Kier alpha value is -3.15. The molecular formula is C55H94O6. The second-order valence-corrected chi connectivity index (χ2v) is 16.7. The molecule has 0 aliphatic heterocycles.